The number of aliphatic imine (C=N–C) groups is 1. The second-order valence-electron chi connectivity index (χ2n) is 2.58. The molecule has 0 saturated heterocycles. The summed E-state index contributed by atoms with van der Waals surface area (Å²) in [6.45, 7) is 0.245. The number of nitrogens with two attached hydrogens (primary N) is 1. The molecule has 1 rings (SSSR count). The minimum atomic E-state index is 0.245. The summed E-state index contributed by atoms with van der Waals surface area (Å²) in [6.07, 6.45) is 0. The fourth-order valence-corrected chi connectivity index (χ4v) is 1.08. The predicted octanol–water partition coefficient (Wildman–Crippen LogP) is 2.36. The van der Waals surface area contributed by atoms with Gasteiger partial charge < -0.3 is 10.5 Å². The molecule has 0 heterocycles. The number of hydrogen-bond donors (Lipinski definition) is 1. The Kier molecular flexibility index (Phi) is 4.04. The normalized spacial score (nSPS) is 11.5. The molecule has 2 N–H and O–H groups in total. The van der Waals surface area contributed by atoms with Crippen LogP contribution >= 0.6 is 23.2 Å². The van der Waals surface area contributed by atoms with Gasteiger partial charge in [0.05, 0.1) is 10.0 Å². The molecule has 0 radical (unpaired) electrons. The second kappa shape index (κ2) is 5.08. The lowest BCUT2D eigenvalue weighted by molar-refractivity contribution is 0.375. The molecule has 0 atom stereocenters. The van der Waals surface area contributed by atoms with E-state index >= 15 is 0 Å². The van der Waals surface area contributed by atoms with Gasteiger partial charge in [-0.05, 0) is 12.1 Å². The minimum Gasteiger partial charge on any atom is -0.486 e. The van der Waals surface area contributed by atoms with E-state index in [4.69, 9.17) is 33.7 Å². The fraction of sp³-hybridized carbons (Fsp3) is 0.222. The van der Waals surface area contributed by atoms with Gasteiger partial charge in [-0.3, -0.25) is 4.99 Å². The maximum Gasteiger partial charge on any atom is 0.145 e. The average Bonchev–Trinajstić information content (AvgIpc) is 2.19. The van der Waals surface area contributed by atoms with Crippen molar-refractivity contribution < 1.29 is 4.74 Å². The predicted molar refractivity (Wildman–Crippen MR) is 59.5 cm³/mol. The van der Waals surface area contributed by atoms with Crippen molar-refractivity contribution in [3.05, 3.63) is 28.2 Å². The molecular formula is C9H10Cl2N2O. The quantitative estimate of drug-likeness (QED) is 0.643. The minimum absolute atomic E-state index is 0.245. The summed E-state index contributed by atoms with van der Waals surface area (Å²) >= 11 is 11.5. The summed E-state index contributed by atoms with van der Waals surface area (Å²) in [5, 5.41) is 0.951. The molecule has 0 unspecified atom stereocenters. The third kappa shape index (κ3) is 3.09. The summed E-state index contributed by atoms with van der Waals surface area (Å²) < 4.78 is 5.30. The van der Waals surface area contributed by atoms with Gasteiger partial charge in [-0.2, -0.15) is 0 Å². The van der Waals surface area contributed by atoms with Gasteiger partial charge in [0, 0.05) is 13.1 Å². The fourth-order valence-electron chi connectivity index (χ4n) is 0.788. The van der Waals surface area contributed by atoms with E-state index in [9.17, 15) is 0 Å². The third-order valence-electron chi connectivity index (χ3n) is 1.56. The molecule has 0 aliphatic carbocycles. The summed E-state index contributed by atoms with van der Waals surface area (Å²) in [6, 6.07) is 5.02. The number of benzene rings is 1. The summed E-state index contributed by atoms with van der Waals surface area (Å²) in [5.74, 6) is 1.04. The highest BCUT2D eigenvalue weighted by Gasteiger charge is 2.00. The number of halogens is 2. The number of nitrogens with zero attached hydrogens (tertiary/aromatic N) is 1. The van der Waals surface area contributed by atoms with E-state index in [1.807, 2.05) is 0 Å². The Morgan fingerprint density at radius 3 is 2.71 bits per heavy atom. The Labute approximate surface area is 92.5 Å². The molecule has 0 aromatic heterocycles. The summed E-state index contributed by atoms with van der Waals surface area (Å²) in [5.41, 5.74) is 5.45. The van der Waals surface area contributed by atoms with Gasteiger partial charge in [0.2, 0.25) is 0 Å². The van der Waals surface area contributed by atoms with Crippen LogP contribution in [-0.2, 0) is 0 Å². The molecule has 5 heteroatoms. The van der Waals surface area contributed by atoms with Crippen molar-refractivity contribution >= 4 is 29.0 Å². The molecular weight excluding hydrogens is 223 g/mol. The highest BCUT2D eigenvalue weighted by atomic mass is 35.5. The highest BCUT2D eigenvalue weighted by molar-refractivity contribution is 6.42. The van der Waals surface area contributed by atoms with Crippen molar-refractivity contribution in [3.8, 4) is 5.75 Å². The van der Waals surface area contributed by atoms with Crippen LogP contribution in [-0.4, -0.2) is 19.5 Å². The van der Waals surface area contributed by atoms with Crippen molar-refractivity contribution in [1.82, 2.24) is 0 Å². The first-order valence-corrected chi connectivity index (χ1v) is 4.68. The molecule has 0 saturated carbocycles. The smallest absolute Gasteiger partial charge is 0.145 e. The molecule has 0 fully saturated rings. The third-order valence-corrected chi connectivity index (χ3v) is 2.30. The number of hydrogen-bond acceptors (Lipinski definition) is 2. The van der Waals surface area contributed by atoms with Crippen LogP contribution in [0.15, 0.2) is 23.2 Å². The van der Waals surface area contributed by atoms with Crippen LogP contribution in [0.25, 0.3) is 0 Å². The van der Waals surface area contributed by atoms with Gasteiger partial charge in [0.25, 0.3) is 0 Å². The van der Waals surface area contributed by atoms with Crippen molar-refractivity contribution in [1.29, 1.82) is 0 Å². The van der Waals surface area contributed by atoms with Crippen LogP contribution in [0.3, 0.4) is 0 Å². The number of ether oxygens (including phenoxy) is 1. The number of rotatable bonds is 3. The van der Waals surface area contributed by atoms with E-state index in [2.05, 4.69) is 4.99 Å². The maximum atomic E-state index is 5.79. The molecule has 14 heavy (non-hydrogen) atoms. The Morgan fingerprint density at radius 2 is 2.14 bits per heavy atom. The van der Waals surface area contributed by atoms with E-state index in [1.54, 1.807) is 25.2 Å². The van der Waals surface area contributed by atoms with E-state index in [0.717, 1.165) is 0 Å². The Bertz CT molecular complexity index is 353. The zero-order valence-corrected chi connectivity index (χ0v) is 9.14. The van der Waals surface area contributed by atoms with Crippen LogP contribution in [0.2, 0.25) is 10.0 Å². The molecule has 0 spiro atoms. The van der Waals surface area contributed by atoms with Crippen LogP contribution < -0.4 is 10.5 Å². The van der Waals surface area contributed by atoms with E-state index in [1.165, 1.54) is 0 Å². The SMILES string of the molecule is CN=C(N)COc1ccc(Cl)c(Cl)c1. The van der Waals surface area contributed by atoms with Crippen LogP contribution in [0, 0.1) is 0 Å². The molecule has 0 aliphatic rings. The average molecular weight is 233 g/mol. The second-order valence-corrected chi connectivity index (χ2v) is 3.39. The Balaban J connectivity index is 2.64. The molecule has 0 amide bonds. The standard InChI is InChI=1S/C9H10Cl2N2O/c1-13-9(12)5-14-6-2-3-7(10)8(11)4-6/h2-4H,5H2,1H3,(H2,12,13). The highest BCUT2D eigenvalue weighted by Crippen LogP contribution is 2.26. The van der Waals surface area contributed by atoms with Gasteiger partial charge in [0.15, 0.2) is 0 Å². The van der Waals surface area contributed by atoms with Crippen molar-refractivity contribution in [3.63, 3.8) is 0 Å². The lowest BCUT2D eigenvalue weighted by Gasteiger charge is -2.05. The van der Waals surface area contributed by atoms with Crippen molar-refractivity contribution in [2.75, 3.05) is 13.7 Å². The van der Waals surface area contributed by atoms with Gasteiger partial charge >= 0.3 is 0 Å². The van der Waals surface area contributed by atoms with Gasteiger partial charge in [-0.1, -0.05) is 23.2 Å². The molecule has 0 bridgehead atoms. The summed E-state index contributed by atoms with van der Waals surface area (Å²) in [7, 11) is 1.60. The molecule has 1 aromatic rings. The zero-order chi connectivity index (χ0) is 10.6. The molecule has 76 valence electrons. The maximum absolute atomic E-state index is 5.79. The molecule has 3 nitrogen and oxygen atoms in total. The van der Waals surface area contributed by atoms with Crippen molar-refractivity contribution in [2.45, 2.75) is 0 Å². The Hall–Kier alpha value is -0.930. The first-order chi connectivity index (χ1) is 6.63. The lowest BCUT2D eigenvalue weighted by atomic mass is 10.3. The van der Waals surface area contributed by atoms with Crippen molar-refractivity contribution in [2.24, 2.45) is 10.7 Å². The first kappa shape index (κ1) is 11.1. The molecule has 1 aromatic carbocycles. The van der Waals surface area contributed by atoms with Gasteiger partial charge in [-0.15, -0.1) is 0 Å². The Morgan fingerprint density at radius 1 is 1.43 bits per heavy atom. The van der Waals surface area contributed by atoms with E-state index < -0.39 is 0 Å². The zero-order valence-electron chi connectivity index (χ0n) is 7.63. The first-order valence-electron chi connectivity index (χ1n) is 3.92. The van der Waals surface area contributed by atoms with E-state index in [-0.39, 0.29) is 6.61 Å². The number of amidine groups is 1. The lowest BCUT2D eigenvalue weighted by Crippen LogP contribution is -2.20. The summed E-state index contributed by atoms with van der Waals surface area (Å²) in [4.78, 5) is 3.75. The largest absolute Gasteiger partial charge is 0.486 e. The topological polar surface area (TPSA) is 47.6 Å². The molecule has 0 aliphatic heterocycles. The van der Waals surface area contributed by atoms with Gasteiger partial charge in [0.1, 0.15) is 18.2 Å². The van der Waals surface area contributed by atoms with Crippen LogP contribution in [0.5, 0.6) is 5.75 Å². The van der Waals surface area contributed by atoms with E-state index in [0.29, 0.717) is 21.6 Å². The van der Waals surface area contributed by atoms with Crippen LogP contribution in [0.4, 0.5) is 0 Å². The monoisotopic (exact) mass is 232 g/mol. The van der Waals surface area contributed by atoms with Crippen LogP contribution in [0.1, 0.15) is 0 Å². The van der Waals surface area contributed by atoms with Gasteiger partial charge in [-0.25, -0.2) is 0 Å².